The molecule has 0 bridgehead atoms. The maximum Gasteiger partial charge on any atom is 0.185 e. The normalized spacial score (nSPS) is 18.8. The van der Waals surface area contributed by atoms with Crippen LogP contribution in [0.15, 0.2) is 6.20 Å². The fourth-order valence-electron chi connectivity index (χ4n) is 2.34. The summed E-state index contributed by atoms with van der Waals surface area (Å²) in [6, 6.07) is 0.420. The molecule has 0 aromatic carbocycles. The van der Waals surface area contributed by atoms with Crippen LogP contribution in [0.5, 0.6) is 0 Å². The van der Waals surface area contributed by atoms with Crippen LogP contribution in [0.25, 0.3) is 0 Å². The van der Waals surface area contributed by atoms with Crippen molar-refractivity contribution in [2.24, 2.45) is 0 Å². The van der Waals surface area contributed by atoms with Gasteiger partial charge in [-0.1, -0.05) is 13.8 Å². The van der Waals surface area contributed by atoms with Crippen molar-refractivity contribution in [3.8, 4) is 0 Å². The third kappa shape index (κ3) is 3.91. The van der Waals surface area contributed by atoms with Gasteiger partial charge in [0, 0.05) is 43.3 Å². The molecule has 1 fully saturated rings. The molecule has 1 N–H and O–H groups in total. The number of thiazole rings is 1. The molecule has 5 heteroatoms. The lowest BCUT2D eigenvalue weighted by Gasteiger charge is -2.33. The Morgan fingerprint density at radius 2 is 2.05 bits per heavy atom. The van der Waals surface area contributed by atoms with Crippen molar-refractivity contribution in [1.82, 2.24) is 15.2 Å². The minimum absolute atomic E-state index is 0.420. The number of hydrogen-bond acceptors (Lipinski definition) is 5. The highest BCUT2D eigenvalue weighted by Gasteiger charge is 2.19. The first-order valence-electron chi connectivity index (χ1n) is 7.41. The van der Waals surface area contributed by atoms with Crippen LogP contribution in [0.3, 0.4) is 0 Å². The maximum absolute atomic E-state index is 4.61. The third-order valence-corrected chi connectivity index (χ3v) is 4.97. The standard InChI is InChI=1S/C14H26N4S/c1-4-6-15-12(3)13-11-16-14(19-13)18-9-7-17(5-2)8-10-18/h11-12,15H,4-10H2,1-3H3. The highest BCUT2D eigenvalue weighted by atomic mass is 32.1. The van der Waals surface area contributed by atoms with E-state index in [1.54, 1.807) is 0 Å². The second-order valence-electron chi connectivity index (χ2n) is 5.14. The summed E-state index contributed by atoms with van der Waals surface area (Å²) in [4.78, 5) is 10.9. The smallest absolute Gasteiger partial charge is 0.185 e. The first-order chi connectivity index (χ1) is 9.24. The van der Waals surface area contributed by atoms with Crippen LogP contribution in [0.2, 0.25) is 0 Å². The van der Waals surface area contributed by atoms with E-state index >= 15 is 0 Å². The van der Waals surface area contributed by atoms with Crippen molar-refractivity contribution in [2.75, 3.05) is 44.2 Å². The van der Waals surface area contributed by atoms with Gasteiger partial charge in [0.2, 0.25) is 0 Å². The zero-order chi connectivity index (χ0) is 13.7. The predicted octanol–water partition coefficient (Wildman–Crippen LogP) is 2.35. The van der Waals surface area contributed by atoms with Crippen molar-refractivity contribution in [1.29, 1.82) is 0 Å². The topological polar surface area (TPSA) is 31.4 Å². The Morgan fingerprint density at radius 3 is 2.68 bits per heavy atom. The summed E-state index contributed by atoms with van der Waals surface area (Å²) in [5.74, 6) is 0. The summed E-state index contributed by atoms with van der Waals surface area (Å²) in [6.45, 7) is 13.4. The van der Waals surface area contributed by atoms with Crippen LogP contribution in [0, 0.1) is 0 Å². The first-order valence-corrected chi connectivity index (χ1v) is 8.22. The van der Waals surface area contributed by atoms with Gasteiger partial charge >= 0.3 is 0 Å². The molecule has 4 nitrogen and oxygen atoms in total. The van der Waals surface area contributed by atoms with Gasteiger partial charge in [0.25, 0.3) is 0 Å². The Hall–Kier alpha value is -0.650. The number of nitrogens with one attached hydrogen (secondary N) is 1. The van der Waals surface area contributed by atoms with E-state index in [9.17, 15) is 0 Å². The Morgan fingerprint density at radius 1 is 1.32 bits per heavy atom. The predicted molar refractivity (Wildman–Crippen MR) is 83.1 cm³/mol. The van der Waals surface area contributed by atoms with E-state index < -0.39 is 0 Å². The van der Waals surface area contributed by atoms with Crippen molar-refractivity contribution < 1.29 is 0 Å². The van der Waals surface area contributed by atoms with Crippen LogP contribution < -0.4 is 10.2 Å². The first kappa shape index (κ1) is 14.8. The molecule has 0 radical (unpaired) electrons. The van der Waals surface area contributed by atoms with E-state index in [4.69, 9.17) is 0 Å². The van der Waals surface area contributed by atoms with Gasteiger partial charge in [-0.25, -0.2) is 4.98 Å². The molecule has 1 aromatic rings. The number of piperazine rings is 1. The lowest BCUT2D eigenvalue weighted by atomic mass is 10.3. The monoisotopic (exact) mass is 282 g/mol. The number of hydrogen-bond donors (Lipinski definition) is 1. The molecule has 0 spiro atoms. The van der Waals surface area contributed by atoms with E-state index in [0.29, 0.717) is 6.04 Å². The van der Waals surface area contributed by atoms with Gasteiger partial charge in [-0.3, -0.25) is 0 Å². The Balaban J connectivity index is 1.90. The molecule has 0 amide bonds. The molecule has 108 valence electrons. The van der Waals surface area contributed by atoms with Crippen LogP contribution >= 0.6 is 11.3 Å². The minimum atomic E-state index is 0.420. The van der Waals surface area contributed by atoms with Gasteiger partial charge in [-0.05, 0) is 26.4 Å². The number of nitrogens with zero attached hydrogens (tertiary/aromatic N) is 3. The van der Waals surface area contributed by atoms with Gasteiger partial charge < -0.3 is 15.1 Å². The van der Waals surface area contributed by atoms with Crippen LogP contribution in [0.1, 0.15) is 38.1 Å². The lowest BCUT2D eigenvalue weighted by Crippen LogP contribution is -2.46. The highest BCUT2D eigenvalue weighted by molar-refractivity contribution is 7.15. The summed E-state index contributed by atoms with van der Waals surface area (Å²) in [5.41, 5.74) is 0. The summed E-state index contributed by atoms with van der Waals surface area (Å²) < 4.78 is 0. The van der Waals surface area contributed by atoms with E-state index in [1.807, 2.05) is 17.5 Å². The van der Waals surface area contributed by atoms with Gasteiger partial charge in [0.15, 0.2) is 5.13 Å². The van der Waals surface area contributed by atoms with Crippen LogP contribution in [-0.4, -0.2) is 49.2 Å². The molecule has 1 aliphatic heterocycles. The lowest BCUT2D eigenvalue weighted by molar-refractivity contribution is 0.271. The maximum atomic E-state index is 4.61. The number of rotatable bonds is 6. The Labute approximate surface area is 120 Å². The van der Waals surface area contributed by atoms with E-state index in [0.717, 1.165) is 39.3 Å². The second kappa shape index (κ2) is 7.22. The average Bonchev–Trinajstić information content (AvgIpc) is 2.94. The zero-order valence-corrected chi connectivity index (χ0v) is 13.2. The molecule has 0 aliphatic carbocycles. The summed E-state index contributed by atoms with van der Waals surface area (Å²) >= 11 is 1.84. The van der Waals surface area contributed by atoms with Crippen molar-refractivity contribution in [2.45, 2.75) is 33.2 Å². The molecule has 2 heterocycles. The van der Waals surface area contributed by atoms with Gasteiger partial charge in [0.1, 0.15) is 0 Å². The fourth-order valence-corrected chi connectivity index (χ4v) is 3.33. The summed E-state index contributed by atoms with van der Waals surface area (Å²) in [5, 5.41) is 4.72. The van der Waals surface area contributed by atoms with E-state index in [2.05, 4.69) is 40.9 Å². The van der Waals surface area contributed by atoms with Crippen LogP contribution in [-0.2, 0) is 0 Å². The second-order valence-corrected chi connectivity index (χ2v) is 6.18. The molecular formula is C14H26N4S. The molecular weight excluding hydrogens is 256 g/mol. The van der Waals surface area contributed by atoms with Gasteiger partial charge in [0.05, 0.1) is 0 Å². The van der Waals surface area contributed by atoms with Gasteiger partial charge in [-0.2, -0.15) is 0 Å². The molecule has 0 saturated carbocycles. The SMILES string of the molecule is CCCNC(C)c1cnc(N2CCN(CC)CC2)s1. The molecule has 19 heavy (non-hydrogen) atoms. The zero-order valence-electron chi connectivity index (χ0n) is 12.4. The molecule has 1 aliphatic rings. The Kier molecular flexibility index (Phi) is 5.60. The summed E-state index contributed by atoms with van der Waals surface area (Å²) in [7, 11) is 0. The molecule has 2 rings (SSSR count). The summed E-state index contributed by atoms with van der Waals surface area (Å²) in [6.07, 6.45) is 3.22. The quantitative estimate of drug-likeness (QED) is 0.868. The van der Waals surface area contributed by atoms with E-state index in [-0.39, 0.29) is 0 Å². The molecule has 1 aromatic heterocycles. The highest BCUT2D eigenvalue weighted by Crippen LogP contribution is 2.27. The minimum Gasteiger partial charge on any atom is -0.346 e. The van der Waals surface area contributed by atoms with Gasteiger partial charge in [-0.15, -0.1) is 11.3 Å². The van der Waals surface area contributed by atoms with E-state index in [1.165, 1.54) is 16.4 Å². The van der Waals surface area contributed by atoms with Crippen molar-refractivity contribution >= 4 is 16.5 Å². The molecule has 1 unspecified atom stereocenters. The number of anilines is 1. The third-order valence-electron chi connectivity index (χ3n) is 3.73. The molecule has 1 saturated heterocycles. The van der Waals surface area contributed by atoms with Crippen molar-refractivity contribution in [3.63, 3.8) is 0 Å². The van der Waals surface area contributed by atoms with Crippen molar-refractivity contribution in [3.05, 3.63) is 11.1 Å². The largest absolute Gasteiger partial charge is 0.346 e. The molecule has 1 atom stereocenters. The van der Waals surface area contributed by atoms with Crippen LogP contribution in [0.4, 0.5) is 5.13 Å². The average molecular weight is 282 g/mol. The fraction of sp³-hybridized carbons (Fsp3) is 0.786. The number of likely N-dealkylation sites (N-methyl/N-ethyl adjacent to an activating group) is 1. The number of aromatic nitrogens is 1. The Bertz CT molecular complexity index is 371.